The van der Waals surface area contributed by atoms with Gasteiger partial charge in [-0.15, -0.1) is 0 Å². The normalized spacial score (nSPS) is 10.1. The molecule has 0 radical (unpaired) electrons. The Morgan fingerprint density at radius 1 is 1.00 bits per heavy atom. The fourth-order valence-corrected chi connectivity index (χ4v) is 1.85. The van der Waals surface area contributed by atoms with Gasteiger partial charge in [-0.1, -0.05) is 45.9 Å². The molecule has 1 aromatic heterocycles. The minimum Gasteiger partial charge on any atom is -0.260 e. The molecule has 0 N–H and O–H groups in total. The van der Waals surface area contributed by atoms with E-state index in [1.54, 1.807) is 0 Å². The van der Waals surface area contributed by atoms with Crippen LogP contribution in [0.2, 0.25) is 0 Å². The molecule has 0 atom stereocenters. The molecule has 1 aromatic carbocycles. The highest BCUT2D eigenvalue weighted by Gasteiger charge is 2.06. The number of fused-ring (bicyclic) bond motifs is 1. The summed E-state index contributed by atoms with van der Waals surface area (Å²) in [7, 11) is 0. The molecule has 1 heteroatoms. The van der Waals surface area contributed by atoms with Gasteiger partial charge < -0.3 is 0 Å². The number of aromatic nitrogens is 1. The monoisotopic (exact) mass is 215 g/mol. The molecule has 16 heavy (non-hydrogen) atoms. The molecule has 0 amide bonds. The fraction of sp³-hybridized carbons (Fsp3) is 0.400. The number of nitrogens with zero attached hydrogens (tertiary/aromatic N) is 1. The van der Waals surface area contributed by atoms with Crippen LogP contribution in [-0.4, -0.2) is 4.98 Å². The van der Waals surface area contributed by atoms with Crippen molar-refractivity contribution in [3.8, 4) is 0 Å². The van der Waals surface area contributed by atoms with E-state index in [0.29, 0.717) is 5.92 Å². The molecule has 0 saturated carbocycles. The average molecular weight is 215 g/mol. The van der Waals surface area contributed by atoms with E-state index in [4.69, 9.17) is 0 Å². The lowest BCUT2D eigenvalue weighted by molar-refractivity contribution is 0.834. The molecule has 2 rings (SSSR count). The molecule has 0 spiro atoms. The van der Waals surface area contributed by atoms with Gasteiger partial charge in [-0.25, -0.2) is 0 Å². The van der Waals surface area contributed by atoms with Crippen LogP contribution in [0.15, 0.2) is 30.5 Å². The first-order valence-electron chi connectivity index (χ1n) is 6.04. The van der Waals surface area contributed by atoms with Crippen LogP contribution in [0, 0.1) is 6.92 Å². The second kappa shape index (κ2) is 5.64. The maximum Gasteiger partial charge on any atom is 0.0507 e. The van der Waals surface area contributed by atoms with Gasteiger partial charge in [-0.05, 0) is 29.9 Å². The standard InChI is InChI=1S/C13H15N.C2H6/c1-9(2)13-12-6-4-5-10(3)11(12)7-8-14-13;1-2/h4-9H,1-3H3;1-2H3. The smallest absolute Gasteiger partial charge is 0.0507 e. The summed E-state index contributed by atoms with van der Waals surface area (Å²) < 4.78 is 0. The highest BCUT2D eigenvalue weighted by Crippen LogP contribution is 2.24. The zero-order chi connectivity index (χ0) is 12.1. The molecule has 0 bridgehead atoms. The second-order valence-corrected chi connectivity index (χ2v) is 4.02. The molecule has 0 unspecified atom stereocenters. The van der Waals surface area contributed by atoms with Gasteiger partial charge in [-0.3, -0.25) is 4.98 Å². The second-order valence-electron chi connectivity index (χ2n) is 4.02. The summed E-state index contributed by atoms with van der Waals surface area (Å²) in [4.78, 5) is 4.45. The van der Waals surface area contributed by atoms with Crippen molar-refractivity contribution in [2.24, 2.45) is 0 Å². The maximum atomic E-state index is 4.45. The SMILES string of the molecule is CC.Cc1cccc2c(C(C)C)nccc12. The minimum absolute atomic E-state index is 0.487. The fourth-order valence-electron chi connectivity index (χ4n) is 1.85. The van der Waals surface area contributed by atoms with Crippen LogP contribution in [0.1, 0.15) is 44.9 Å². The minimum atomic E-state index is 0.487. The summed E-state index contributed by atoms with van der Waals surface area (Å²) in [6.45, 7) is 10.5. The van der Waals surface area contributed by atoms with Crippen molar-refractivity contribution in [3.63, 3.8) is 0 Å². The van der Waals surface area contributed by atoms with E-state index in [2.05, 4.69) is 50.0 Å². The van der Waals surface area contributed by atoms with Crippen molar-refractivity contribution < 1.29 is 0 Å². The van der Waals surface area contributed by atoms with Gasteiger partial charge in [-0.2, -0.15) is 0 Å². The van der Waals surface area contributed by atoms with Crippen molar-refractivity contribution in [3.05, 3.63) is 41.7 Å². The topological polar surface area (TPSA) is 12.9 Å². The predicted octanol–water partition coefficient (Wildman–Crippen LogP) is 4.69. The van der Waals surface area contributed by atoms with Crippen LogP contribution in [-0.2, 0) is 0 Å². The van der Waals surface area contributed by atoms with E-state index in [9.17, 15) is 0 Å². The van der Waals surface area contributed by atoms with Gasteiger partial charge in [0.15, 0.2) is 0 Å². The highest BCUT2D eigenvalue weighted by molar-refractivity contribution is 5.87. The van der Waals surface area contributed by atoms with Crippen LogP contribution in [0.25, 0.3) is 10.8 Å². The Morgan fingerprint density at radius 3 is 2.31 bits per heavy atom. The van der Waals surface area contributed by atoms with E-state index >= 15 is 0 Å². The van der Waals surface area contributed by atoms with Gasteiger partial charge in [0.1, 0.15) is 0 Å². The third-order valence-electron chi connectivity index (χ3n) is 2.60. The number of hydrogen-bond acceptors (Lipinski definition) is 1. The Morgan fingerprint density at radius 2 is 1.69 bits per heavy atom. The van der Waals surface area contributed by atoms with Crippen molar-refractivity contribution in [2.45, 2.75) is 40.5 Å². The first kappa shape index (κ1) is 12.7. The Labute approximate surface area is 98.5 Å². The molecule has 0 aliphatic heterocycles. The molecule has 1 heterocycles. The van der Waals surface area contributed by atoms with Gasteiger partial charge in [0.25, 0.3) is 0 Å². The Bertz CT molecular complexity index is 458. The van der Waals surface area contributed by atoms with Gasteiger partial charge >= 0.3 is 0 Å². The predicted molar refractivity (Wildman–Crippen MR) is 71.9 cm³/mol. The van der Waals surface area contributed by atoms with E-state index in [-0.39, 0.29) is 0 Å². The Kier molecular flexibility index (Phi) is 4.48. The van der Waals surface area contributed by atoms with Crippen molar-refractivity contribution in [1.82, 2.24) is 4.98 Å². The number of pyridine rings is 1. The van der Waals surface area contributed by atoms with E-state index in [1.165, 1.54) is 22.0 Å². The first-order chi connectivity index (χ1) is 7.70. The quantitative estimate of drug-likeness (QED) is 0.672. The molecule has 86 valence electrons. The van der Waals surface area contributed by atoms with Crippen molar-refractivity contribution >= 4 is 10.8 Å². The van der Waals surface area contributed by atoms with Crippen LogP contribution in [0.3, 0.4) is 0 Å². The Balaban J connectivity index is 0.000000606. The summed E-state index contributed by atoms with van der Waals surface area (Å²) in [6, 6.07) is 8.50. The number of benzene rings is 1. The number of rotatable bonds is 1. The van der Waals surface area contributed by atoms with Crippen LogP contribution in [0.4, 0.5) is 0 Å². The Hall–Kier alpha value is -1.37. The molecule has 0 aliphatic rings. The lowest BCUT2D eigenvalue weighted by Gasteiger charge is -2.09. The number of hydrogen-bond donors (Lipinski definition) is 0. The van der Waals surface area contributed by atoms with Gasteiger partial charge in [0.2, 0.25) is 0 Å². The summed E-state index contributed by atoms with van der Waals surface area (Å²) in [6.07, 6.45) is 1.91. The van der Waals surface area contributed by atoms with Crippen molar-refractivity contribution in [2.75, 3.05) is 0 Å². The number of aryl methyl sites for hydroxylation is 1. The van der Waals surface area contributed by atoms with Gasteiger partial charge in [0.05, 0.1) is 5.69 Å². The van der Waals surface area contributed by atoms with E-state index < -0.39 is 0 Å². The molecular formula is C15H21N. The summed E-state index contributed by atoms with van der Waals surface area (Å²) >= 11 is 0. The zero-order valence-electron chi connectivity index (χ0n) is 10.9. The molecular weight excluding hydrogens is 194 g/mol. The van der Waals surface area contributed by atoms with Gasteiger partial charge in [0, 0.05) is 11.6 Å². The molecule has 0 aliphatic carbocycles. The van der Waals surface area contributed by atoms with Crippen LogP contribution >= 0.6 is 0 Å². The molecule has 1 nitrogen and oxygen atoms in total. The maximum absolute atomic E-state index is 4.45. The highest BCUT2D eigenvalue weighted by atomic mass is 14.7. The summed E-state index contributed by atoms with van der Waals surface area (Å²) in [5.74, 6) is 0.487. The first-order valence-corrected chi connectivity index (χ1v) is 6.04. The summed E-state index contributed by atoms with van der Waals surface area (Å²) in [5, 5.41) is 2.62. The molecule has 2 aromatic rings. The molecule has 0 saturated heterocycles. The van der Waals surface area contributed by atoms with E-state index in [0.717, 1.165) is 0 Å². The summed E-state index contributed by atoms with van der Waals surface area (Å²) in [5.41, 5.74) is 2.53. The van der Waals surface area contributed by atoms with Crippen molar-refractivity contribution in [1.29, 1.82) is 0 Å². The lowest BCUT2D eigenvalue weighted by Crippen LogP contribution is -1.94. The zero-order valence-corrected chi connectivity index (χ0v) is 10.9. The third kappa shape index (κ3) is 2.41. The molecule has 0 fully saturated rings. The average Bonchev–Trinajstić information content (AvgIpc) is 2.31. The third-order valence-corrected chi connectivity index (χ3v) is 2.60. The largest absolute Gasteiger partial charge is 0.260 e. The van der Waals surface area contributed by atoms with Crippen LogP contribution in [0.5, 0.6) is 0 Å². The van der Waals surface area contributed by atoms with E-state index in [1.807, 2.05) is 20.0 Å². The lowest BCUT2D eigenvalue weighted by atomic mass is 10.00. The van der Waals surface area contributed by atoms with Crippen LogP contribution < -0.4 is 0 Å².